The third-order valence-electron chi connectivity index (χ3n) is 5.39. The molecule has 1 aliphatic heterocycles. The van der Waals surface area contributed by atoms with Crippen LogP contribution in [0.5, 0.6) is 0 Å². The summed E-state index contributed by atoms with van der Waals surface area (Å²) < 4.78 is 5.57. The SMILES string of the molecule is O=C(COC1CC(CNc2ccccn2)N(C(=O)O)C1)NCC(NC(=O)Nc1ccccc1)C(=O)O. The Balaban J connectivity index is 1.42. The molecule has 3 rings (SSSR count). The van der Waals surface area contributed by atoms with E-state index in [1.54, 1.807) is 48.7 Å². The van der Waals surface area contributed by atoms with Crippen LogP contribution in [0.4, 0.5) is 21.1 Å². The second-order valence-electron chi connectivity index (χ2n) is 8.01. The molecule has 6 N–H and O–H groups in total. The summed E-state index contributed by atoms with van der Waals surface area (Å²) in [6.07, 6.45) is 0.393. The molecule has 0 radical (unpaired) electrons. The molecule has 192 valence electrons. The second-order valence-corrected chi connectivity index (χ2v) is 8.01. The first-order chi connectivity index (χ1) is 17.3. The number of rotatable bonds is 11. The van der Waals surface area contributed by atoms with Crippen LogP contribution in [0.2, 0.25) is 0 Å². The van der Waals surface area contributed by atoms with Gasteiger partial charge in [0.25, 0.3) is 0 Å². The van der Waals surface area contributed by atoms with Crippen molar-refractivity contribution in [3.05, 3.63) is 54.7 Å². The van der Waals surface area contributed by atoms with E-state index in [0.717, 1.165) is 0 Å². The first kappa shape index (κ1) is 26.2. The van der Waals surface area contributed by atoms with Crippen LogP contribution in [0.3, 0.4) is 0 Å². The number of carboxylic acid groups (broad SMARTS) is 2. The maximum Gasteiger partial charge on any atom is 0.407 e. The van der Waals surface area contributed by atoms with E-state index in [2.05, 4.69) is 26.3 Å². The standard InChI is InChI=1S/C23H28N6O7/c30-20(26-12-18(21(31)32)28-22(33)27-15-6-2-1-3-7-15)14-36-17-10-16(29(13-17)23(34)35)11-25-19-8-4-5-9-24-19/h1-9,16-18H,10-14H2,(H,24,25)(H,26,30)(H,31,32)(H,34,35)(H2,27,28,33). The number of carbonyl (C=O) groups is 4. The molecule has 3 atom stereocenters. The molecule has 1 aromatic heterocycles. The molecule has 4 amide bonds. The Morgan fingerprint density at radius 3 is 2.50 bits per heavy atom. The minimum atomic E-state index is -1.37. The van der Waals surface area contributed by atoms with E-state index in [1.165, 1.54) is 4.90 Å². The van der Waals surface area contributed by atoms with Crippen molar-refractivity contribution in [3.63, 3.8) is 0 Å². The molecule has 1 aliphatic rings. The van der Waals surface area contributed by atoms with Crippen LogP contribution in [0, 0.1) is 0 Å². The van der Waals surface area contributed by atoms with Gasteiger partial charge in [-0.15, -0.1) is 0 Å². The lowest BCUT2D eigenvalue weighted by molar-refractivity contribution is -0.139. The number of carboxylic acids is 1. The van der Waals surface area contributed by atoms with E-state index >= 15 is 0 Å². The van der Waals surface area contributed by atoms with Crippen molar-refractivity contribution < 1.29 is 34.1 Å². The molecule has 1 fully saturated rings. The Hall–Kier alpha value is -4.39. The summed E-state index contributed by atoms with van der Waals surface area (Å²) in [4.78, 5) is 52.7. The number of nitrogens with zero attached hydrogens (tertiary/aromatic N) is 2. The number of anilines is 2. The highest BCUT2D eigenvalue weighted by molar-refractivity contribution is 5.92. The first-order valence-electron chi connectivity index (χ1n) is 11.2. The van der Waals surface area contributed by atoms with Crippen molar-refractivity contribution in [2.75, 3.05) is 36.9 Å². The minimum Gasteiger partial charge on any atom is -0.480 e. The van der Waals surface area contributed by atoms with Crippen LogP contribution in [-0.2, 0) is 14.3 Å². The summed E-state index contributed by atoms with van der Waals surface area (Å²) >= 11 is 0. The molecule has 13 nitrogen and oxygen atoms in total. The van der Waals surface area contributed by atoms with E-state index in [4.69, 9.17) is 4.74 Å². The Kier molecular flexibility index (Phi) is 9.40. The summed E-state index contributed by atoms with van der Waals surface area (Å²) in [5.74, 6) is -1.30. The van der Waals surface area contributed by atoms with E-state index in [9.17, 15) is 29.4 Å². The van der Waals surface area contributed by atoms with Crippen LogP contribution in [0.1, 0.15) is 6.42 Å². The van der Waals surface area contributed by atoms with Crippen LogP contribution in [0.25, 0.3) is 0 Å². The van der Waals surface area contributed by atoms with Gasteiger partial charge in [0, 0.05) is 25.0 Å². The number of nitrogens with one attached hydrogen (secondary N) is 4. The van der Waals surface area contributed by atoms with Crippen molar-refractivity contribution in [1.82, 2.24) is 20.5 Å². The van der Waals surface area contributed by atoms with Crippen LogP contribution >= 0.6 is 0 Å². The molecule has 13 heteroatoms. The molecule has 2 heterocycles. The van der Waals surface area contributed by atoms with Gasteiger partial charge in [-0.25, -0.2) is 19.4 Å². The molecule has 1 saturated heterocycles. The van der Waals surface area contributed by atoms with Gasteiger partial charge in [-0.2, -0.15) is 0 Å². The number of para-hydroxylation sites is 1. The van der Waals surface area contributed by atoms with Gasteiger partial charge in [0.2, 0.25) is 5.91 Å². The van der Waals surface area contributed by atoms with E-state index in [1.807, 2.05) is 6.07 Å². The lowest BCUT2D eigenvalue weighted by Gasteiger charge is -2.21. The van der Waals surface area contributed by atoms with Gasteiger partial charge in [0.05, 0.1) is 18.7 Å². The number of amides is 4. The number of urea groups is 1. The molecule has 3 unspecified atom stereocenters. The first-order valence-corrected chi connectivity index (χ1v) is 11.2. The predicted molar refractivity (Wildman–Crippen MR) is 129 cm³/mol. The summed E-state index contributed by atoms with van der Waals surface area (Å²) in [5, 5.41) is 29.1. The van der Waals surface area contributed by atoms with E-state index in [0.29, 0.717) is 24.5 Å². The van der Waals surface area contributed by atoms with Gasteiger partial charge in [0.15, 0.2) is 0 Å². The number of ether oxygens (including phenoxy) is 1. The average Bonchev–Trinajstić information content (AvgIpc) is 3.28. The zero-order valence-electron chi connectivity index (χ0n) is 19.3. The lowest BCUT2D eigenvalue weighted by atomic mass is 10.2. The number of aromatic nitrogens is 1. The van der Waals surface area contributed by atoms with Crippen molar-refractivity contribution in [1.29, 1.82) is 0 Å². The second kappa shape index (κ2) is 12.9. The molecule has 36 heavy (non-hydrogen) atoms. The Bertz CT molecular complexity index is 1040. The zero-order valence-corrected chi connectivity index (χ0v) is 19.3. The number of likely N-dealkylation sites (tertiary alicyclic amines) is 1. The smallest absolute Gasteiger partial charge is 0.407 e. The normalized spacial score (nSPS) is 17.6. The van der Waals surface area contributed by atoms with Crippen molar-refractivity contribution in [2.24, 2.45) is 0 Å². The third-order valence-corrected chi connectivity index (χ3v) is 5.39. The maximum atomic E-state index is 12.2. The Morgan fingerprint density at radius 1 is 1.08 bits per heavy atom. The fraction of sp³-hybridized carbons (Fsp3) is 0.348. The molecule has 1 aromatic carbocycles. The third kappa shape index (κ3) is 8.13. The van der Waals surface area contributed by atoms with Crippen molar-refractivity contribution in [3.8, 4) is 0 Å². The highest BCUT2D eigenvalue weighted by Gasteiger charge is 2.36. The lowest BCUT2D eigenvalue weighted by Crippen LogP contribution is -2.50. The molecule has 0 aliphatic carbocycles. The van der Waals surface area contributed by atoms with Gasteiger partial charge >= 0.3 is 18.1 Å². The van der Waals surface area contributed by atoms with E-state index < -0.39 is 36.1 Å². The molecule has 0 saturated carbocycles. The molecule has 2 aromatic rings. The fourth-order valence-electron chi connectivity index (χ4n) is 3.62. The van der Waals surface area contributed by atoms with Gasteiger partial charge in [-0.1, -0.05) is 24.3 Å². The topological polar surface area (TPSA) is 182 Å². The molecule has 0 spiro atoms. The summed E-state index contributed by atoms with van der Waals surface area (Å²) in [6, 6.07) is 11.3. The highest BCUT2D eigenvalue weighted by Crippen LogP contribution is 2.21. The number of hydrogen-bond donors (Lipinski definition) is 6. The number of carbonyl (C=O) groups excluding carboxylic acids is 2. The summed E-state index contributed by atoms with van der Waals surface area (Å²) in [7, 11) is 0. The predicted octanol–water partition coefficient (Wildman–Crippen LogP) is 1.02. The molecular weight excluding hydrogens is 472 g/mol. The van der Waals surface area contributed by atoms with Crippen molar-refractivity contribution >= 4 is 35.5 Å². The van der Waals surface area contributed by atoms with E-state index in [-0.39, 0.29) is 25.7 Å². The summed E-state index contributed by atoms with van der Waals surface area (Å²) in [5.41, 5.74) is 0.483. The quantitative estimate of drug-likeness (QED) is 0.262. The highest BCUT2D eigenvalue weighted by atomic mass is 16.5. The Morgan fingerprint density at radius 2 is 1.83 bits per heavy atom. The molecule has 0 bridgehead atoms. The van der Waals surface area contributed by atoms with Crippen LogP contribution in [0.15, 0.2) is 54.7 Å². The minimum absolute atomic E-state index is 0.0934. The Labute approximate surface area is 206 Å². The van der Waals surface area contributed by atoms with Crippen LogP contribution in [-0.4, -0.2) is 88.5 Å². The largest absolute Gasteiger partial charge is 0.480 e. The summed E-state index contributed by atoms with van der Waals surface area (Å²) in [6.45, 7) is -0.328. The van der Waals surface area contributed by atoms with Gasteiger partial charge in [-0.3, -0.25) is 4.79 Å². The van der Waals surface area contributed by atoms with Gasteiger partial charge in [-0.05, 0) is 30.7 Å². The monoisotopic (exact) mass is 500 g/mol. The van der Waals surface area contributed by atoms with Gasteiger partial charge in [0.1, 0.15) is 18.5 Å². The van der Waals surface area contributed by atoms with Crippen LogP contribution < -0.4 is 21.3 Å². The van der Waals surface area contributed by atoms with Gasteiger partial charge < -0.3 is 41.1 Å². The number of aliphatic carboxylic acids is 1. The number of hydrogen-bond acceptors (Lipinski definition) is 7. The fourth-order valence-corrected chi connectivity index (χ4v) is 3.62. The average molecular weight is 501 g/mol. The number of pyridine rings is 1. The van der Waals surface area contributed by atoms with Crippen molar-refractivity contribution in [2.45, 2.75) is 24.6 Å². The molecular formula is C23H28N6O7. The zero-order chi connectivity index (χ0) is 25.9. The number of benzene rings is 1. The maximum absolute atomic E-state index is 12.2.